The summed E-state index contributed by atoms with van der Waals surface area (Å²) < 4.78 is 5.46. The molecule has 3 heteroatoms. The molecular formula is C17H21NO2. The summed E-state index contributed by atoms with van der Waals surface area (Å²) in [5.41, 5.74) is 3.41. The third-order valence-corrected chi connectivity index (χ3v) is 3.15. The van der Waals surface area contributed by atoms with Crippen LogP contribution in [-0.4, -0.2) is 24.9 Å². The van der Waals surface area contributed by atoms with Gasteiger partial charge in [0.25, 0.3) is 0 Å². The molecule has 0 radical (unpaired) electrons. The number of benzene rings is 2. The summed E-state index contributed by atoms with van der Waals surface area (Å²) in [5, 5.41) is 12.5. The summed E-state index contributed by atoms with van der Waals surface area (Å²) in [5.74, 6) is 0.865. The first kappa shape index (κ1) is 14.6. The first-order chi connectivity index (χ1) is 9.70. The molecule has 1 atom stereocenters. The lowest BCUT2D eigenvalue weighted by Crippen LogP contribution is -2.24. The summed E-state index contributed by atoms with van der Waals surface area (Å²) in [6.45, 7) is 3.02. The van der Waals surface area contributed by atoms with Crippen molar-refractivity contribution in [3.05, 3.63) is 54.1 Å². The highest BCUT2D eigenvalue weighted by Gasteiger charge is 2.06. The SMILES string of the molecule is COc1cc(-c2ccccc2)ccc1CNCC(C)O. The number of rotatable bonds is 6. The van der Waals surface area contributed by atoms with Crippen molar-refractivity contribution in [3.63, 3.8) is 0 Å². The van der Waals surface area contributed by atoms with Gasteiger partial charge < -0.3 is 15.2 Å². The largest absolute Gasteiger partial charge is 0.496 e. The molecule has 0 bridgehead atoms. The molecule has 106 valence electrons. The Balaban J connectivity index is 2.16. The molecule has 0 aromatic heterocycles. The normalized spacial score (nSPS) is 12.2. The standard InChI is InChI=1S/C17H21NO2/c1-13(19)11-18-12-16-9-8-15(10-17(16)20-2)14-6-4-3-5-7-14/h3-10,13,18-19H,11-12H2,1-2H3. The highest BCUT2D eigenvalue weighted by Crippen LogP contribution is 2.27. The first-order valence-electron chi connectivity index (χ1n) is 6.82. The molecular weight excluding hydrogens is 250 g/mol. The van der Waals surface area contributed by atoms with Crippen LogP contribution < -0.4 is 10.1 Å². The van der Waals surface area contributed by atoms with Crippen molar-refractivity contribution in [3.8, 4) is 16.9 Å². The van der Waals surface area contributed by atoms with Gasteiger partial charge in [-0.15, -0.1) is 0 Å². The number of hydrogen-bond donors (Lipinski definition) is 2. The lowest BCUT2D eigenvalue weighted by molar-refractivity contribution is 0.191. The second-order valence-electron chi connectivity index (χ2n) is 4.87. The zero-order valence-electron chi connectivity index (χ0n) is 12.0. The number of hydrogen-bond acceptors (Lipinski definition) is 3. The van der Waals surface area contributed by atoms with Gasteiger partial charge in [0.05, 0.1) is 13.2 Å². The summed E-state index contributed by atoms with van der Waals surface area (Å²) in [4.78, 5) is 0. The van der Waals surface area contributed by atoms with E-state index in [4.69, 9.17) is 4.74 Å². The zero-order chi connectivity index (χ0) is 14.4. The summed E-state index contributed by atoms with van der Waals surface area (Å²) in [6, 6.07) is 16.4. The molecule has 2 rings (SSSR count). The fourth-order valence-corrected chi connectivity index (χ4v) is 2.12. The highest BCUT2D eigenvalue weighted by atomic mass is 16.5. The molecule has 0 saturated heterocycles. The minimum absolute atomic E-state index is 0.343. The summed E-state index contributed by atoms with van der Waals surface area (Å²) in [6.07, 6.45) is -0.343. The van der Waals surface area contributed by atoms with Crippen molar-refractivity contribution in [2.24, 2.45) is 0 Å². The molecule has 1 unspecified atom stereocenters. The molecule has 0 saturated carbocycles. The van der Waals surface area contributed by atoms with Crippen molar-refractivity contribution in [2.75, 3.05) is 13.7 Å². The summed E-state index contributed by atoms with van der Waals surface area (Å²) in [7, 11) is 1.68. The van der Waals surface area contributed by atoms with Gasteiger partial charge in [0.1, 0.15) is 5.75 Å². The van der Waals surface area contributed by atoms with Crippen molar-refractivity contribution in [1.29, 1.82) is 0 Å². The molecule has 3 nitrogen and oxygen atoms in total. The van der Waals surface area contributed by atoms with Crippen LogP contribution >= 0.6 is 0 Å². The molecule has 20 heavy (non-hydrogen) atoms. The van der Waals surface area contributed by atoms with E-state index < -0.39 is 0 Å². The van der Waals surface area contributed by atoms with Crippen molar-refractivity contribution >= 4 is 0 Å². The number of aliphatic hydroxyl groups is 1. The molecule has 2 aromatic carbocycles. The van der Waals surface area contributed by atoms with Gasteiger partial charge in [-0.05, 0) is 24.1 Å². The minimum atomic E-state index is -0.343. The molecule has 0 aliphatic carbocycles. The average Bonchev–Trinajstić information content (AvgIpc) is 2.48. The van der Waals surface area contributed by atoms with E-state index in [0.29, 0.717) is 13.1 Å². The Hall–Kier alpha value is -1.84. The quantitative estimate of drug-likeness (QED) is 0.849. The van der Waals surface area contributed by atoms with Crippen molar-refractivity contribution in [2.45, 2.75) is 19.6 Å². The van der Waals surface area contributed by atoms with Gasteiger partial charge in [-0.3, -0.25) is 0 Å². The van der Waals surface area contributed by atoms with E-state index in [1.165, 1.54) is 5.56 Å². The minimum Gasteiger partial charge on any atom is -0.496 e. The van der Waals surface area contributed by atoms with Gasteiger partial charge >= 0.3 is 0 Å². The Kier molecular flexibility index (Phi) is 5.16. The Morgan fingerprint density at radius 1 is 1.10 bits per heavy atom. The van der Waals surface area contributed by atoms with Gasteiger partial charge in [0.2, 0.25) is 0 Å². The number of aliphatic hydroxyl groups excluding tert-OH is 1. The lowest BCUT2D eigenvalue weighted by Gasteiger charge is -2.12. The Bertz CT molecular complexity index is 538. The fraction of sp³-hybridized carbons (Fsp3) is 0.294. The van der Waals surface area contributed by atoms with E-state index in [-0.39, 0.29) is 6.10 Å². The van der Waals surface area contributed by atoms with Crippen LogP contribution in [0, 0.1) is 0 Å². The zero-order valence-corrected chi connectivity index (χ0v) is 12.0. The Morgan fingerprint density at radius 3 is 2.50 bits per heavy atom. The van der Waals surface area contributed by atoms with E-state index >= 15 is 0 Å². The Labute approximate surface area is 120 Å². The van der Waals surface area contributed by atoms with Crippen LogP contribution in [0.4, 0.5) is 0 Å². The predicted octanol–water partition coefficient (Wildman–Crippen LogP) is 2.83. The van der Waals surface area contributed by atoms with E-state index in [9.17, 15) is 5.11 Å². The smallest absolute Gasteiger partial charge is 0.123 e. The van der Waals surface area contributed by atoms with Crippen molar-refractivity contribution in [1.82, 2.24) is 5.32 Å². The van der Waals surface area contributed by atoms with Gasteiger partial charge in [0, 0.05) is 18.7 Å². The van der Waals surface area contributed by atoms with Gasteiger partial charge in [-0.2, -0.15) is 0 Å². The van der Waals surface area contributed by atoms with E-state index in [1.54, 1.807) is 14.0 Å². The predicted molar refractivity (Wildman–Crippen MR) is 81.8 cm³/mol. The van der Waals surface area contributed by atoms with Gasteiger partial charge in [0.15, 0.2) is 0 Å². The molecule has 0 aliphatic rings. The average molecular weight is 271 g/mol. The molecule has 2 aromatic rings. The molecule has 0 aliphatic heterocycles. The van der Waals surface area contributed by atoms with Crippen LogP contribution in [0.1, 0.15) is 12.5 Å². The summed E-state index contributed by atoms with van der Waals surface area (Å²) >= 11 is 0. The molecule has 2 N–H and O–H groups in total. The second-order valence-corrected chi connectivity index (χ2v) is 4.87. The third kappa shape index (κ3) is 3.83. The van der Waals surface area contributed by atoms with Gasteiger partial charge in [-0.1, -0.05) is 42.5 Å². The van der Waals surface area contributed by atoms with E-state index in [1.807, 2.05) is 18.2 Å². The van der Waals surface area contributed by atoms with Crippen molar-refractivity contribution < 1.29 is 9.84 Å². The first-order valence-corrected chi connectivity index (χ1v) is 6.82. The topological polar surface area (TPSA) is 41.5 Å². The number of nitrogens with one attached hydrogen (secondary N) is 1. The van der Waals surface area contributed by atoms with Crippen LogP contribution in [0.3, 0.4) is 0 Å². The molecule has 0 fully saturated rings. The maximum absolute atomic E-state index is 9.26. The fourth-order valence-electron chi connectivity index (χ4n) is 2.12. The van der Waals surface area contributed by atoms with E-state index in [0.717, 1.165) is 16.9 Å². The lowest BCUT2D eigenvalue weighted by atomic mass is 10.0. The van der Waals surface area contributed by atoms with Crippen LogP contribution in [0.2, 0.25) is 0 Å². The maximum Gasteiger partial charge on any atom is 0.123 e. The molecule has 0 amide bonds. The molecule has 0 heterocycles. The Morgan fingerprint density at radius 2 is 1.85 bits per heavy atom. The van der Waals surface area contributed by atoms with Crippen LogP contribution in [0.25, 0.3) is 11.1 Å². The highest BCUT2D eigenvalue weighted by molar-refractivity contribution is 5.66. The van der Waals surface area contributed by atoms with Crippen LogP contribution in [-0.2, 0) is 6.54 Å². The molecule has 0 spiro atoms. The monoisotopic (exact) mass is 271 g/mol. The van der Waals surface area contributed by atoms with E-state index in [2.05, 4.69) is 35.6 Å². The number of ether oxygens (including phenoxy) is 1. The van der Waals surface area contributed by atoms with Gasteiger partial charge in [-0.25, -0.2) is 0 Å². The second kappa shape index (κ2) is 7.08. The number of methoxy groups -OCH3 is 1. The third-order valence-electron chi connectivity index (χ3n) is 3.15. The maximum atomic E-state index is 9.26. The van der Waals surface area contributed by atoms with Crippen LogP contribution in [0.15, 0.2) is 48.5 Å². The van der Waals surface area contributed by atoms with Crippen LogP contribution in [0.5, 0.6) is 5.75 Å².